The molecule has 0 aromatic heterocycles. The molecule has 1 aliphatic rings. The van der Waals surface area contributed by atoms with E-state index in [0.29, 0.717) is 13.1 Å². The first-order valence-corrected chi connectivity index (χ1v) is 9.32. The molecule has 2 aromatic rings. The number of nitrogens with one attached hydrogen (secondary N) is 1. The van der Waals surface area contributed by atoms with E-state index in [1.165, 1.54) is 11.1 Å². The lowest BCUT2D eigenvalue weighted by Gasteiger charge is -2.37. The fraction of sp³-hybridized carbons (Fsp3) is 0.381. The van der Waals surface area contributed by atoms with Crippen molar-refractivity contribution in [2.45, 2.75) is 26.4 Å². The average Bonchev–Trinajstić information content (AvgIpc) is 2.70. The summed E-state index contributed by atoms with van der Waals surface area (Å²) in [4.78, 5) is 16.8. The van der Waals surface area contributed by atoms with Crippen molar-refractivity contribution in [2.75, 3.05) is 31.5 Å². The van der Waals surface area contributed by atoms with Crippen molar-refractivity contribution in [3.63, 3.8) is 0 Å². The highest BCUT2D eigenvalue weighted by atomic mass is 19.2. The van der Waals surface area contributed by atoms with Crippen LogP contribution in [0.2, 0.25) is 0 Å². The molecule has 1 atom stereocenters. The number of amides is 1. The molecule has 0 radical (unpaired) electrons. The van der Waals surface area contributed by atoms with Gasteiger partial charge in [0.1, 0.15) is 0 Å². The van der Waals surface area contributed by atoms with E-state index >= 15 is 0 Å². The Labute approximate surface area is 162 Å². The second kappa shape index (κ2) is 8.75. The van der Waals surface area contributed by atoms with Gasteiger partial charge in [0.15, 0.2) is 17.5 Å². The van der Waals surface area contributed by atoms with Gasteiger partial charge in [0.25, 0.3) is 0 Å². The van der Waals surface area contributed by atoms with Crippen LogP contribution >= 0.6 is 0 Å². The molecule has 0 spiro atoms. The van der Waals surface area contributed by atoms with Gasteiger partial charge in [-0.25, -0.2) is 13.2 Å². The van der Waals surface area contributed by atoms with E-state index in [0.717, 1.165) is 31.8 Å². The number of benzene rings is 2. The first-order valence-electron chi connectivity index (χ1n) is 9.32. The predicted molar refractivity (Wildman–Crippen MR) is 102 cm³/mol. The number of carbonyl (C=O) groups excluding carboxylic acids is 1. The molecule has 0 aliphatic carbocycles. The van der Waals surface area contributed by atoms with Crippen molar-refractivity contribution >= 4 is 11.6 Å². The summed E-state index contributed by atoms with van der Waals surface area (Å²) in [5.41, 5.74) is 2.19. The molecule has 0 saturated carbocycles. The SMILES string of the molecule is Cc1ccccc1CN1CCN(C(C)C(=O)Nc2ccc(F)c(F)c2F)CC1. The third-order valence-electron chi connectivity index (χ3n) is 5.28. The van der Waals surface area contributed by atoms with Crippen LogP contribution in [-0.4, -0.2) is 47.9 Å². The van der Waals surface area contributed by atoms with Crippen molar-refractivity contribution < 1.29 is 18.0 Å². The molecule has 7 heteroatoms. The standard InChI is InChI=1S/C21H24F3N3O/c1-14-5-3-4-6-16(14)13-26-9-11-27(12-10-26)15(2)21(28)25-18-8-7-17(22)19(23)20(18)24/h3-8,15H,9-13H2,1-2H3,(H,25,28). The molecule has 1 aliphatic heterocycles. The van der Waals surface area contributed by atoms with Crippen LogP contribution < -0.4 is 5.32 Å². The minimum Gasteiger partial charge on any atom is -0.322 e. The number of hydrogen-bond donors (Lipinski definition) is 1. The molecule has 150 valence electrons. The van der Waals surface area contributed by atoms with Gasteiger partial charge in [0.05, 0.1) is 11.7 Å². The Morgan fingerprint density at radius 2 is 1.71 bits per heavy atom. The Hall–Kier alpha value is -2.38. The van der Waals surface area contributed by atoms with Crippen LogP contribution in [0.3, 0.4) is 0 Å². The Morgan fingerprint density at radius 3 is 2.39 bits per heavy atom. The number of aryl methyl sites for hydroxylation is 1. The first kappa shape index (κ1) is 20.4. The van der Waals surface area contributed by atoms with Crippen LogP contribution in [0.1, 0.15) is 18.1 Å². The second-order valence-corrected chi connectivity index (χ2v) is 7.13. The maximum atomic E-state index is 13.8. The lowest BCUT2D eigenvalue weighted by Crippen LogP contribution is -2.52. The van der Waals surface area contributed by atoms with Gasteiger partial charge < -0.3 is 5.32 Å². The number of carbonyl (C=O) groups is 1. The lowest BCUT2D eigenvalue weighted by molar-refractivity contribution is -0.121. The van der Waals surface area contributed by atoms with Crippen molar-refractivity contribution in [1.29, 1.82) is 0 Å². The summed E-state index contributed by atoms with van der Waals surface area (Å²) in [5.74, 6) is -4.70. The highest BCUT2D eigenvalue weighted by Crippen LogP contribution is 2.20. The summed E-state index contributed by atoms with van der Waals surface area (Å²) < 4.78 is 40.1. The van der Waals surface area contributed by atoms with Gasteiger partial charge in [-0.3, -0.25) is 14.6 Å². The molecule has 1 fully saturated rings. The predicted octanol–water partition coefficient (Wildman–Crippen LogP) is 3.56. The first-order chi connectivity index (χ1) is 13.4. The number of halogens is 3. The molecule has 1 unspecified atom stereocenters. The zero-order chi connectivity index (χ0) is 20.3. The van der Waals surface area contributed by atoms with Gasteiger partial charge in [-0.15, -0.1) is 0 Å². The van der Waals surface area contributed by atoms with Crippen LogP contribution in [0.15, 0.2) is 36.4 Å². The molecular formula is C21H24F3N3O. The van der Waals surface area contributed by atoms with Gasteiger partial charge in [-0.2, -0.15) is 0 Å². The molecule has 2 aromatic carbocycles. The van der Waals surface area contributed by atoms with Crippen molar-refractivity contribution in [3.05, 3.63) is 65.0 Å². The molecule has 3 rings (SSSR count). The minimum absolute atomic E-state index is 0.353. The van der Waals surface area contributed by atoms with Gasteiger partial charge in [-0.05, 0) is 37.1 Å². The molecule has 1 saturated heterocycles. The topological polar surface area (TPSA) is 35.6 Å². The van der Waals surface area contributed by atoms with E-state index in [1.807, 2.05) is 17.0 Å². The second-order valence-electron chi connectivity index (χ2n) is 7.13. The van der Waals surface area contributed by atoms with Crippen molar-refractivity contribution in [1.82, 2.24) is 9.80 Å². The Bertz CT molecular complexity index is 851. The molecule has 4 nitrogen and oxygen atoms in total. The molecule has 28 heavy (non-hydrogen) atoms. The van der Waals surface area contributed by atoms with E-state index in [-0.39, 0.29) is 5.69 Å². The van der Waals surface area contributed by atoms with E-state index in [9.17, 15) is 18.0 Å². The number of anilines is 1. The summed E-state index contributed by atoms with van der Waals surface area (Å²) >= 11 is 0. The smallest absolute Gasteiger partial charge is 0.241 e. The summed E-state index contributed by atoms with van der Waals surface area (Å²) in [6.45, 7) is 7.69. The Balaban J connectivity index is 1.55. The Morgan fingerprint density at radius 1 is 1.04 bits per heavy atom. The molecular weight excluding hydrogens is 367 g/mol. The van der Waals surface area contributed by atoms with Gasteiger partial charge in [0, 0.05) is 32.7 Å². The summed E-state index contributed by atoms with van der Waals surface area (Å²) in [6, 6.07) is 9.58. The quantitative estimate of drug-likeness (QED) is 0.792. The van der Waals surface area contributed by atoms with E-state index < -0.39 is 29.4 Å². The van der Waals surface area contributed by atoms with E-state index in [4.69, 9.17) is 0 Å². The fourth-order valence-corrected chi connectivity index (χ4v) is 3.36. The summed E-state index contributed by atoms with van der Waals surface area (Å²) in [6.07, 6.45) is 0. The van der Waals surface area contributed by atoms with Crippen molar-refractivity contribution in [3.8, 4) is 0 Å². The fourth-order valence-electron chi connectivity index (χ4n) is 3.36. The van der Waals surface area contributed by atoms with Crippen LogP contribution in [0, 0.1) is 24.4 Å². The monoisotopic (exact) mass is 391 g/mol. The zero-order valence-corrected chi connectivity index (χ0v) is 16.0. The highest BCUT2D eigenvalue weighted by Gasteiger charge is 2.26. The zero-order valence-electron chi connectivity index (χ0n) is 16.0. The normalized spacial score (nSPS) is 16.8. The minimum atomic E-state index is -1.59. The van der Waals surface area contributed by atoms with Gasteiger partial charge >= 0.3 is 0 Å². The number of nitrogens with zero attached hydrogens (tertiary/aromatic N) is 2. The lowest BCUT2D eigenvalue weighted by atomic mass is 10.1. The molecule has 0 bridgehead atoms. The largest absolute Gasteiger partial charge is 0.322 e. The third kappa shape index (κ3) is 4.54. The average molecular weight is 391 g/mol. The number of hydrogen-bond acceptors (Lipinski definition) is 3. The maximum absolute atomic E-state index is 13.8. The van der Waals surface area contributed by atoms with Gasteiger partial charge in [0.2, 0.25) is 5.91 Å². The molecule has 1 amide bonds. The van der Waals surface area contributed by atoms with E-state index in [1.54, 1.807) is 6.92 Å². The summed E-state index contributed by atoms with van der Waals surface area (Å²) in [5, 5.41) is 2.36. The third-order valence-corrected chi connectivity index (χ3v) is 5.28. The maximum Gasteiger partial charge on any atom is 0.241 e. The van der Waals surface area contributed by atoms with Crippen LogP contribution in [0.4, 0.5) is 18.9 Å². The van der Waals surface area contributed by atoms with Gasteiger partial charge in [-0.1, -0.05) is 24.3 Å². The number of piperazine rings is 1. The highest BCUT2D eigenvalue weighted by molar-refractivity contribution is 5.94. The molecule has 1 heterocycles. The van der Waals surface area contributed by atoms with Crippen molar-refractivity contribution in [2.24, 2.45) is 0 Å². The van der Waals surface area contributed by atoms with Crippen LogP contribution in [0.25, 0.3) is 0 Å². The Kier molecular flexibility index (Phi) is 6.36. The summed E-state index contributed by atoms with van der Waals surface area (Å²) in [7, 11) is 0. The van der Waals surface area contributed by atoms with Crippen LogP contribution in [0.5, 0.6) is 0 Å². The van der Waals surface area contributed by atoms with E-state index in [2.05, 4.69) is 29.3 Å². The molecule has 1 N–H and O–H groups in total. The van der Waals surface area contributed by atoms with Crippen LogP contribution in [-0.2, 0) is 11.3 Å². The number of rotatable bonds is 5.